The minimum Gasteiger partial charge on any atom is -0.396 e. The van der Waals surface area contributed by atoms with Crippen LogP contribution in [-0.2, 0) is 6.42 Å². The predicted octanol–water partition coefficient (Wildman–Crippen LogP) is 1.50. The van der Waals surface area contributed by atoms with Crippen molar-refractivity contribution in [2.24, 2.45) is 0 Å². The van der Waals surface area contributed by atoms with E-state index in [9.17, 15) is 0 Å². The summed E-state index contributed by atoms with van der Waals surface area (Å²) >= 11 is 11.8. The van der Waals surface area contributed by atoms with Crippen LogP contribution >= 0.6 is 23.2 Å². The molecule has 0 fully saturated rings. The standard InChI is InChI=1S/C9H8Cl2N4O/c10-6-1-2-8(7(11)5-6)15-13-9(3-4-16)12-14-15/h1-2,5,16H,3-4H2. The lowest BCUT2D eigenvalue weighted by atomic mass is 10.3. The fourth-order valence-electron chi connectivity index (χ4n) is 1.19. The Morgan fingerprint density at radius 1 is 1.31 bits per heavy atom. The highest BCUT2D eigenvalue weighted by Gasteiger charge is 2.08. The lowest BCUT2D eigenvalue weighted by molar-refractivity contribution is 0.296. The molecule has 2 rings (SSSR count). The smallest absolute Gasteiger partial charge is 0.177 e. The number of nitrogens with zero attached hydrogens (tertiary/aromatic N) is 4. The summed E-state index contributed by atoms with van der Waals surface area (Å²) in [6.45, 7) is -0.0138. The number of hydrogen-bond acceptors (Lipinski definition) is 4. The first kappa shape index (κ1) is 11.3. The summed E-state index contributed by atoms with van der Waals surface area (Å²) in [4.78, 5) is 1.31. The van der Waals surface area contributed by atoms with Gasteiger partial charge in [0.2, 0.25) is 0 Å². The third-order valence-electron chi connectivity index (χ3n) is 1.92. The number of rotatable bonds is 3. The highest BCUT2D eigenvalue weighted by Crippen LogP contribution is 2.22. The number of halogens is 2. The minimum absolute atomic E-state index is 0.0138. The fraction of sp³-hybridized carbons (Fsp3) is 0.222. The van der Waals surface area contributed by atoms with Crippen molar-refractivity contribution in [2.45, 2.75) is 6.42 Å². The fourth-order valence-corrected chi connectivity index (χ4v) is 1.67. The van der Waals surface area contributed by atoms with Gasteiger partial charge in [0.05, 0.1) is 11.6 Å². The molecule has 0 bridgehead atoms. The Morgan fingerprint density at radius 2 is 2.12 bits per heavy atom. The Balaban J connectivity index is 2.35. The molecule has 0 unspecified atom stereocenters. The number of benzene rings is 1. The summed E-state index contributed by atoms with van der Waals surface area (Å²) in [5, 5.41) is 21.4. The van der Waals surface area contributed by atoms with Crippen LogP contribution in [0.1, 0.15) is 5.82 Å². The molecule has 0 aliphatic heterocycles. The van der Waals surface area contributed by atoms with E-state index >= 15 is 0 Å². The third-order valence-corrected chi connectivity index (χ3v) is 2.45. The average molecular weight is 259 g/mol. The van der Waals surface area contributed by atoms with E-state index < -0.39 is 0 Å². The maximum Gasteiger partial charge on any atom is 0.177 e. The van der Waals surface area contributed by atoms with Crippen LogP contribution in [0.15, 0.2) is 18.2 Å². The molecule has 1 N–H and O–H groups in total. The van der Waals surface area contributed by atoms with Crippen LogP contribution in [0.5, 0.6) is 0 Å². The van der Waals surface area contributed by atoms with Crippen LogP contribution in [-0.4, -0.2) is 31.9 Å². The van der Waals surface area contributed by atoms with E-state index in [4.69, 9.17) is 28.3 Å². The number of aliphatic hydroxyl groups excluding tert-OH is 1. The van der Waals surface area contributed by atoms with Crippen LogP contribution in [0.3, 0.4) is 0 Å². The zero-order valence-corrected chi connectivity index (χ0v) is 9.65. The number of hydrogen-bond donors (Lipinski definition) is 1. The highest BCUT2D eigenvalue weighted by molar-refractivity contribution is 6.35. The molecule has 0 radical (unpaired) electrons. The Morgan fingerprint density at radius 3 is 2.81 bits per heavy atom. The molecule has 84 valence electrons. The van der Waals surface area contributed by atoms with Gasteiger partial charge in [-0.2, -0.15) is 0 Å². The van der Waals surface area contributed by atoms with Crippen molar-refractivity contribution in [1.29, 1.82) is 0 Å². The van der Waals surface area contributed by atoms with Crippen molar-refractivity contribution in [2.75, 3.05) is 6.61 Å². The number of aliphatic hydroxyl groups is 1. The maximum absolute atomic E-state index is 8.73. The Labute approximate surface area is 102 Å². The first-order valence-corrected chi connectivity index (χ1v) is 5.31. The predicted molar refractivity (Wildman–Crippen MR) is 60.0 cm³/mol. The third kappa shape index (κ3) is 2.32. The Kier molecular flexibility index (Phi) is 3.38. The van der Waals surface area contributed by atoms with Gasteiger partial charge in [-0.3, -0.25) is 0 Å². The largest absolute Gasteiger partial charge is 0.396 e. The van der Waals surface area contributed by atoms with Crippen LogP contribution in [0.2, 0.25) is 10.0 Å². The SMILES string of the molecule is OCCc1nnn(-c2ccc(Cl)cc2Cl)n1. The molecule has 0 spiro atoms. The molecule has 1 aromatic heterocycles. The molecule has 16 heavy (non-hydrogen) atoms. The maximum atomic E-state index is 8.73. The zero-order chi connectivity index (χ0) is 11.5. The normalized spacial score (nSPS) is 10.7. The van der Waals surface area contributed by atoms with Crippen molar-refractivity contribution in [3.05, 3.63) is 34.1 Å². The van der Waals surface area contributed by atoms with Crippen molar-refractivity contribution < 1.29 is 5.11 Å². The molecule has 0 amide bonds. The lowest BCUT2D eigenvalue weighted by Gasteiger charge is -2.01. The van der Waals surface area contributed by atoms with Gasteiger partial charge in [0.15, 0.2) is 5.82 Å². The topological polar surface area (TPSA) is 63.8 Å². The molecule has 7 heteroatoms. The van der Waals surface area contributed by atoms with Gasteiger partial charge in [0.25, 0.3) is 0 Å². The van der Waals surface area contributed by atoms with Gasteiger partial charge < -0.3 is 5.11 Å². The van der Waals surface area contributed by atoms with Crippen LogP contribution < -0.4 is 0 Å². The second-order valence-electron chi connectivity index (χ2n) is 3.06. The van der Waals surface area contributed by atoms with Gasteiger partial charge in [-0.05, 0) is 23.4 Å². The Hall–Kier alpha value is -1.17. The first-order valence-electron chi connectivity index (χ1n) is 4.56. The molecule has 0 saturated heterocycles. The van der Waals surface area contributed by atoms with E-state index in [1.54, 1.807) is 18.2 Å². The van der Waals surface area contributed by atoms with E-state index in [-0.39, 0.29) is 6.61 Å². The van der Waals surface area contributed by atoms with Crippen molar-refractivity contribution in [3.8, 4) is 5.69 Å². The van der Waals surface area contributed by atoms with Gasteiger partial charge in [-0.1, -0.05) is 23.2 Å². The van der Waals surface area contributed by atoms with Gasteiger partial charge >= 0.3 is 0 Å². The van der Waals surface area contributed by atoms with E-state index in [2.05, 4.69) is 15.4 Å². The van der Waals surface area contributed by atoms with Gasteiger partial charge in [0, 0.05) is 11.4 Å². The Bertz CT molecular complexity index is 500. The van der Waals surface area contributed by atoms with Crippen molar-refractivity contribution >= 4 is 23.2 Å². The van der Waals surface area contributed by atoms with Gasteiger partial charge in [-0.25, -0.2) is 0 Å². The second-order valence-corrected chi connectivity index (χ2v) is 3.91. The first-order chi connectivity index (χ1) is 7.70. The molecule has 0 aliphatic rings. The summed E-state index contributed by atoms with van der Waals surface area (Å²) in [6, 6.07) is 5.00. The number of tetrazole rings is 1. The summed E-state index contributed by atoms with van der Waals surface area (Å²) < 4.78 is 0. The van der Waals surface area contributed by atoms with E-state index in [0.29, 0.717) is 28.0 Å². The molecular weight excluding hydrogens is 251 g/mol. The van der Waals surface area contributed by atoms with E-state index in [1.807, 2.05) is 0 Å². The van der Waals surface area contributed by atoms with Crippen LogP contribution in [0.25, 0.3) is 5.69 Å². The van der Waals surface area contributed by atoms with E-state index in [1.165, 1.54) is 4.80 Å². The molecule has 5 nitrogen and oxygen atoms in total. The lowest BCUT2D eigenvalue weighted by Crippen LogP contribution is -2.00. The molecule has 1 aromatic carbocycles. The molecule has 0 saturated carbocycles. The summed E-state index contributed by atoms with van der Waals surface area (Å²) in [5.41, 5.74) is 0.600. The molecule has 0 aliphatic carbocycles. The summed E-state index contributed by atoms with van der Waals surface area (Å²) in [5.74, 6) is 0.466. The average Bonchev–Trinajstić information content (AvgIpc) is 2.67. The molecular formula is C9H8Cl2N4O. The van der Waals surface area contributed by atoms with Crippen LogP contribution in [0, 0.1) is 0 Å². The molecule has 2 aromatic rings. The van der Waals surface area contributed by atoms with Crippen molar-refractivity contribution in [1.82, 2.24) is 20.2 Å². The zero-order valence-electron chi connectivity index (χ0n) is 8.14. The quantitative estimate of drug-likeness (QED) is 0.907. The monoisotopic (exact) mass is 258 g/mol. The van der Waals surface area contributed by atoms with Crippen LogP contribution in [0.4, 0.5) is 0 Å². The van der Waals surface area contributed by atoms with Gasteiger partial charge in [-0.15, -0.1) is 15.0 Å². The highest BCUT2D eigenvalue weighted by atomic mass is 35.5. The van der Waals surface area contributed by atoms with E-state index in [0.717, 1.165) is 0 Å². The van der Waals surface area contributed by atoms with Crippen molar-refractivity contribution in [3.63, 3.8) is 0 Å². The van der Waals surface area contributed by atoms with Gasteiger partial charge in [0.1, 0.15) is 5.69 Å². The summed E-state index contributed by atoms with van der Waals surface area (Å²) in [7, 11) is 0. The summed E-state index contributed by atoms with van der Waals surface area (Å²) in [6.07, 6.45) is 0.366. The molecule has 1 heterocycles. The minimum atomic E-state index is -0.0138. The second kappa shape index (κ2) is 4.78. The molecule has 0 atom stereocenters. The number of aromatic nitrogens is 4.